The second-order valence-electron chi connectivity index (χ2n) is 4.07. The third-order valence-corrected chi connectivity index (χ3v) is 2.89. The van der Waals surface area contributed by atoms with Crippen molar-refractivity contribution < 1.29 is 14.3 Å². The Labute approximate surface area is 95.4 Å². The minimum absolute atomic E-state index is 0.0511. The first-order chi connectivity index (χ1) is 7.72. The largest absolute Gasteiger partial charge is 0.492 e. The highest BCUT2D eigenvalue weighted by molar-refractivity contribution is 5.99. The standard InChI is InChI=1S/C13H16O3/c1-9(15-2)8-12(14)11-5-3-4-10-6-7-16-13(10)11/h3-5,9H,6-8H2,1-2H3. The van der Waals surface area contributed by atoms with Gasteiger partial charge in [-0.1, -0.05) is 12.1 Å². The Hall–Kier alpha value is -1.35. The van der Waals surface area contributed by atoms with E-state index in [1.165, 1.54) is 0 Å². The second-order valence-corrected chi connectivity index (χ2v) is 4.07. The zero-order valence-electron chi connectivity index (χ0n) is 9.66. The number of hydrogen-bond acceptors (Lipinski definition) is 3. The summed E-state index contributed by atoms with van der Waals surface area (Å²) in [5, 5.41) is 0. The van der Waals surface area contributed by atoms with E-state index in [4.69, 9.17) is 9.47 Å². The molecule has 3 heteroatoms. The van der Waals surface area contributed by atoms with Crippen molar-refractivity contribution in [2.75, 3.05) is 13.7 Å². The van der Waals surface area contributed by atoms with Gasteiger partial charge in [-0.05, 0) is 18.6 Å². The van der Waals surface area contributed by atoms with Crippen molar-refractivity contribution in [1.29, 1.82) is 0 Å². The van der Waals surface area contributed by atoms with Crippen LogP contribution in [0.2, 0.25) is 0 Å². The van der Waals surface area contributed by atoms with E-state index in [0.29, 0.717) is 18.6 Å². The van der Waals surface area contributed by atoms with Gasteiger partial charge in [0.05, 0.1) is 18.3 Å². The summed E-state index contributed by atoms with van der Waals surface area (Å²) in [5.41, 5.74) is 1.83. The molecule has 0 fully saturated rings. The van der Waals surface area contributed by atoms with E-state index in [2.05, 4.69) is 0 Å². The minimum atomic E-state index is -0.0511. The molecule has 86 valence electrons. The Morgan fingerprint density at radius 3 is 3.12 bits per heavy atom. The molecular weight excluding hydrogens is 204 g/mol. The van der Waals surface area contributed by atoms with Crippen molar-refractivity contribution in [2.24, 2.45) is 0 Å². The number of methoxy groups -OCH3 is 1. The second kappa shape index (κ2) is 4.66. The van der Waals surface area contributed by atoms with E-state index < -0.39 is 0 Å². The van der Waals surface area contributed by atoms with Gasteiger partial charge >= 0.3 is 0 Å². The third kappa shape index (κ3) is 2.09. The molecular formula is C13H16O3. The summed E-state index contributed by atoms with van der Waals surface area (Å²) in [6.45, 7) is 2.57. The Morgan fingerprint density at radius 2 is 2.38 bits per heavy atom. The summed E-state index contributed by atoms with van der Waals surface area (Å²) in [5.74, 6) is 0.865. The van der Waals surface area contributed by atoms with Gasteiger partial charge in [0.25, 0.3) is 0 Å². The van der Waals surface area contributed by atoms with Gasteiger partial charge < -0.3 is 9.47 Å². The van der Waals surface area contributed by atoms with E-state index in [-0.39, 0.29) is 11.9 Å². The fourth-order valence-electron chi connectivity index (χ4n) is 1.89. The number of Topliss-reactive ketones (excluding diaryl/α,β-unsaturated/α-hetero) is 1. The van der Waals surface area contributed by atoms with E-state index in [1.54, 1.807) is 7.11 Å². The molecule has 0 radical (unpaired) electrons. The Bertz CT molecular complexity index is 398. The van der Waals surface area contributed by atoms with Crippen LogP contribution in [0.5, 0.6) is 5.75 Å². The van der Waals surface area contributed by atoms with Crippen LogP contribution in [0.3, 0.4) is 0 Å². The molecule has 0 aliphatic carbocycles. The lowest BCUT2D eigenvalue weighted by Crippen LogP contribution is -2.13. The third-order valence-electron chi connectivity index (χ3n) is 2.89. The lowest BCUT2D eigenvalue weighted by molar-refractivity contribution is 0.0789. The van der Waals surface area contributed by atoms with Crippen molar-refractivity contribution in [1.82, 2.24) is 0 Å². The van der Waals surface area contributed by atoms with Crippen molar-refractivity contribution in [3.05, 3.63) is 29.3 Å². The Kier molecular flexibility index (Phi) is 3.25. The highest BCUT2D eigenvalue weighted by Crippen LogP contribution is 2.30. The monoisotopic (exact) mass is 220 g/mol. The molecule has 0 bridgehead atoms. The van der Waals surface area contributed by atoms with Crippen molar-refractivity contribution >= 4 is 5.78 Å². The zero-order chi connectivity index (χ0) is 11.5. The summed E-state index contributed by atoms with van der Waals surface area (Å²) in [6.07, 6.45) is 1.25. The molecule has 1 heterocycles. The molecule has 0 aromatic heterocycles. The van der Waals surface area contributed by atoms with Gasteiger partial charge in [0.15, 0.2) is 5.78 Å². The van der Waals surface area contributed by atoms with Crippen LogP contribution in [-0.4, -0.2) is 25.6 Å². The first kappa shape index (κ1) is 11.1. The van der Waals surface area contributed by atoms with Gasteiger partial charge in [0.2, 0.25) is 0 Å². The summed E-state index contributed by atoms with van der Waals surface area (Å²) in [6, 6.07) is 5.76. The number of rotatable bonds is 4. The van der Waals surface area contributed by atoms with Crippen molar-refractivity contribution in [3.63, 3.8) is 0 Å². The molecule has 1 aliphatic rings. The number of carbonyl (C=O) groups is 1. The van der Waals surface area contributed by atoms with Gasteiger partial charge in [-0.15, -0.1) is 0 Å². The predicted molar refractivity (Wildman–Crippen MR) is 61.1 cm³/mol. The van der Waals surface area contributed by atoms with Crippen LogP contribution in [0.4, 0.5) is 0 Å². The normalized spacial score (nSPS) is 15.4. The fourth-order valence-corrected chi connectivity index (χ4v) is 1.89. The summed E-state index contributed by atoms with van der Waals surface area (Å²) in [7, 11) is 1.61. The Balaban J connectivity index is 2.21. The summed E-state index contributed by atoms with van der Waals surface area (Å²) >= 11 is 0. The van der Waals surface area contributed by atoms with Crippen LogP contribution in [0.15, 0.2) is 18.2 Å². The summed E-state index contributed by atoms with van der Waals surface area (Å²) in [4.78, 5) is 12.0. The van der Waals surface area contributed by atoms with E-state index in [0.717, 1.165) is 17.7 Å². The number of benzene rings is 1. The van der Waals surface area contributed by atoms with E-state index in [9.17, 15) is 4.79 Å². The van der Waals surface area contributed by atoms with Crippen LogP contribution >= 0.6 is 0 Å². The quantitative estimate of drug-likeness (QED) is 0.730. The van der Waals surface area contributed by atoms with E-state index >= 15 is 0 Å². The van der Waals surface area contributed by atoms with Gasteiger partial charge in [-0.2, -0.15) is 0 Å². The zero-order valence-corrected chi connectivity index (χ0v) is 9.66. The number of hydrogen-bond donors (Lipinski definition) is 0. The molecule has 1 aromatic rings. The molecule has 0 amide bonds. The molecule has 2 rings (SSSR count). The smallest absolute Gasteiger partial charge is 0.169 e. The first-order valence-corrected chi connectivity index (χ1v) is 5.53. The average Bonchev–Trinajstić information content (AvgIpc) is 2.76. The predicted octanol–water partition coefficient (Wildman–Crippen LogP) is 2.23. The maximum Gasteiger partial charge on any atom is 0.169 e. The molecule has 1 aliphatic heterocycles. The number of ether oxygens (including phenoxy) is 2. The van der Waals surface area contributed by atoms with Gasteiger partial charge in [-0.25, -0.2) is 0 Å². The van der Waals surface area contributed by atoms with E-state index in [1.807, 2.05) is 25.1 Å². The van der Waals surface area contributed by atoms with Gasteiger partial charge in [0, 0.05) is 20.0 Å². The van der Waals surface area contributed by atoms with Gasteiger partial charge in [-0.3, -0.25) is 4.79 Å². The number of para-hydroxylation sites is 1. The maximum absolute atomic E-state index is 12.0. The average molecular weight is 220 g/mol. The molecule has 3 nitrogen and oxygen atoms in total. The molecule has 16 heavy (non-hydrogen) atoms. The highest BCUT2D eigenvalue weighted by atomic mass is 16.5. The van der Waals surface area contributed by atoms with Crippen LogP contribution in [0, 0.1) is 0 Å². The van der Waals surface area contributed by atoms with Crippen molar-refractivity contribution in [3.8, 4) is 5.75 Å². The highest BCUT2D eigenvalue weighted by Gasteiger charge is 2.21. The number of fused-ring (bicyclic) bond motifs is 1. The maximum atomic E-state index is 12.0. The topological polar surface area (TPSA) is 35.5 Å². The molecule has 1 atom stereocenters. The lowest BCUT2D eigenvalue weighted by Gasteiger charge is -2.10. The number of ketones is 1. The Morgan fingerprint density at radius 1 is 1.56 bits per heavy atom. The van der Waals surface area contributed by atoms with Gasteiger partial charge in [0.1, 0.15) is 5.75 Å². The van der Waals surface area contributed by atoms with Crippen LogP contribution < -0.4 is 4.74 Å². The molecule has 0 N–H and O–H groups in total. The lowest BCUT2D eigenvalue weighted by atomic mass is 10.0. The van der Waals surface area contributed by atoms with Crippen molar-refractivity contribution in [2.45, 2.75) is 25.9 Å². The molecule has 1 aromatic carbocycles. The SMILES string of the molecule is COC(C)CC(=O)c1cccc2c1OCC2. The summed E-state index contributed by atoms with van der Waals surface area (Å²) < 4.78 is 10.6. The van der Waals surface area contributed by atoms with Crippen LogP contribution in [0.25, 0.3) is 0 Å². The minimum Gasteiger partial charge on any atom is -0.492 e. The van der Waals surface area contributed by atoms with Crippen LogP contribution in [-0.2, 0) is 11.2 Å². The first-order valence-electron chi connectivity index (χ1n) is 5.53. The molecule has 0 saturated heterocycles. The van der Waals surface area contributed by atoms with Crippen LogP contribution in [0.1, 0.15) is 29.3 Å². The molecule has 0 saturated carbocycles. The molecule has 0 spiro atoms. The fraction of sp³-hybridized carbons (Fsp3) is 0.462. The number of carbonyl (C=O) groups excluding carboxylic acids is 1. The molecule has 1 unspecified atom stereocenters.